The number of amides is 1. The predicted molar refractivity (Wildman–Crippen MR) is 64.3 cm³/mol. The summed E-state index contributed by atoms with van der Waals surface area (Å²) in [5.74, 6) is 0.559. The minimum Gasteiger partial charge on any atom is -0.370 e. The zero-order valence-electron chi connectivity index (χ0n) is 10.1. The first-order valence-corrected chi connectivity index (χ1v) is 6.01. The van der Waals surface area contributed by atoms with E-state index in [9.17, 15) is 4.79 Å². The molecule has 1 saturated heterocycles. The van der Waals surface area contributed by atoms with Gasteiger partial charge < -0.3 is 11.1 Å². The average Bonchev–Trinajstić information content (AvgIpc) is 2.79. The number of aryl methyl sites for hydroxylation is 2. The largest absolute Gasteiger partial charge is 0.370 e. The lowest BCUT2D eigenvalue weighted by Crippen LogP contribution is -2.18. The van der Waals surface area contributed by atoms with E-state index >= 15 is 0 Å². The predicted octanol–water partition coefficient (Wildman–Crippen LogP) is 0.627. The van der Waals surface area contributed by atoms with E-state index in [0.29, 0.717) is 12.8 Å². The van der Waals surface area contributed by atoms with Gasteiger partial charge >= 0.3 is 0 Å². The third-order valence-corrected chi connectivity index (χ3v) is 2.92. The first kappa shape index (κ1) is 12.0. The molecule has 1 amide bonds. The van der Waals surface area contributed by atoms with E-state index in [2.05, 4.69) is 15.3 Å². The number of nitrogens with one attached hydrogen (secondary N) is 1. The SMILES string of the molecule is Cc1cc(CCC(N)=O)nc([C@H]2CCCN2)n1. The van der Waals surface area contributed by atoms with Crippen LogP contribution in [0.5, 0.6) is 0 Å². The highest BCUT2D eigenvalue weighted by atomic mass is 16.1. The molecule has 92 valence electrons. The van der Waals surface area contributed by atoms with E-state index in [1.807, 2.05) is 13.0 Å². The molecule has 0 saturated carbocycles. The molecular formula is C12H18N4O. The Hall–Kier alpha value is -1.49. The molecule has 0 bridgehead atoms. The number of aromatic nitrogens is 2. The van der Waals surface area contributed by atoms with Gasteiger partial charge in [0.15, 0.2) is 0 Å². The van der Waals surface area contributed by atoms with Crippen LogP contribution in [0.1, 0.15) is 42.5 Å². The Morgan fingerprint density at radius 3 is 3.06 bits per heavy atom. The maximum Gasteiger partial charge on any atom is 0.217 e. The van der Waals surface area contributed by atoms with E-state index in [0.717, 1.165) is 30.2 Å². The lowest BCUT2D eigenvalue weighted by atomic mass is 10.1. The molecule has 1 aliphatic heterocycles. The van der Waals surface area contributed by atoms with Crippen molar-refractivity contribution < 1.29 is 4.79 Å². The maximum atomic E-state index is 10.8. The molecule has 1 fully saturated rings. The fourth-order valence-corrected chi connectivity index (χ4v) is 2.10. The molecule has 2 heterocycles. The van der Waals surface area contributed by atoms with Crippen LogP contribution in [0.15, 0.2) is 6.07 Å². The number of carbonyl (C=O) groups is 1. The summed E-state index contributed by atoms with van der Waals surface area (Å²) < 4.78 is 0. The van der Waals surface area contributed by atoms with Crippen molar-refractivity contribution in [1.29, 1.82) is 0 Å². The van der Waals surface area contributed by atoms with E-state index < -0.39 is 0 Å². The Labute approximate surface area is 101 Å². The van der Waals surface area contributed by atoms with Crippen LogP contribution in [0, 0.1) is 6.92 Å². The lowest BCUT2D eigenvalue weighted by Gasteiger charge is -2.11. The molecule has 17 heavy (non-hydrogen) atoms. The molecule has 1 atom stereocenters. The molecule has 0 spiro atoms. The van der Waals surface area contributed by atoms with Gasteiger partial charge in [-0.3, -0.25) is 4.79 Å². The Balaban J connectivity index is 2.13. The zero-order valence-corrected chi connectivity index (χ0v) is 10.1. The highest BCUT2D eigenvalue weighted by molar-refractivity contribution is 5.73. The van der Waals surface area contributed by atoms with Gasteiger partial charge in [-0.2, -0.15) is 0 Å². The maximum absolute atomic E-state index is 10.8. The first-order chi connectivity index (χ1) is 8.15. The van der Waals surface area contributed by atoms with Crippen molar-refractivity contribution in [1.82, 2.24) is 15.3 Å². The second kappa shape index (κ2) is 5.23. The summed E-state index contributed by atoms with van der Waals surface area (Å²) >= 11 is 0. The summed E-state index contributed by atoms with van der Waals surface area (Å²) in [6.07, 6.45) is 3.18. The van der Waals surface area contributed by atoms with E-state index in [1.165, 1.54) is 6.42 Å². The van der Waals surface area contributed by atoms with Gasteiger partial charge in [0, 0.05) is 17.8 Å². The third-order valence-electron chi connectivity index (χ3n) is 2.92. The van der Waals surface area contributed by atoms with Gasteiger partial charge in [0.1, 0.15) is 5.82 Å². The fraction of sp³-hybridized carbons (Fsp3) is 0.583. The van der Waals surface area contributed by atoms with Gasteiger partial charge in [0.05, 0.1) is 6.04 Å². The number of nitrogens with zero attached hydrogens (tertiary/aromatic N) is 2. The summed E-state index contributed by atoms with van der Waals surface area (Å²) in [5.41, 5.74) is 6.99. The van der Waals surface area contributed by atoms with Crippen LogP contribution in [0.2, 0.25) is 0 Å². The average molecular weight is 234 g/mol. The summed E-state index contributed by atoms with van der Waals surface area (Å²) in [6.45, 7) is 2.98. The van der Waals surface area contributed by atoms with Crippen LogP contribution in [-0.2, 0) is 11.2 Å². The van der Waals surface area contributed by atoms with E-state index in [4.69, 9.17) is 5.73 Å². The Bertz CT molecular complexity index is 413. The molecule has 1 aliphatic rings. The highest BCUT2D eigenvalue weighted by Crippen LogP contribution is 2.20. The van der Waals surface area contributed by atoms with E-state index in [-0.39, 0.29) is 11.9 Å². The second-order valence-electron chi connectivity index (χ2n) is 4.47. The van der Waals surface area contributed by atoms with Gasteiger partial charge in [-0.1, -0.05) is 0 Å². The molecule has 5 nitrogen and oxygen atoms in total. The van der Waals surface area contributed by atoms with Crippen molar-refractivity contribution in [2.45, 2.75) is 38.6 Å². The number of hydrogen-bond acceptors (Lipinski definition) is 4. The van der Waals surface area contributed by atoms with Gasteiger partial charge in [-0.25, -0.2) is 9.97 Å². The first-order valence-electron chi connectivity index (χ1n) is 6.01. The van der Waals surface area contributed by atoms with Crippen LogP contribution in [0.3, 0.4) is 0 Å². The number of nitrogens with two attached hydrogens (primary N) is 1. The molecular weight excluding hydrogens is 216 g/mol. The molecule has 0 radical (unpaired) electrons. The summed E-state index contributed by atoms with van der Waals surface area (Å²) in [4.78, 5) is 19.7. The summed E-state index contributed by atoms with van der Waals surface area (Å²) in [5, 5.41) is 3.38. The second-order valence-corrected chi connectivity index (χ2v) is 4.47. The number of rotatable bonds is 4. The number of primary amides is 1. The molecule has 0 aromatic carbocycles. The van der Waals surface area contributed by atoms with Crippen LogP contribution >= 0.6 is 0 Å². The summed E-state index contributed by atoms with van der Waals surface area (Å²) in [6, 6.07) is 2.18. The van der Waals surface area contributed by atoms with Crippen LogP contribution in [-0.4, -0.2) is 22.4 Å². The van der Waals surface area contributed by atoms with Gasteiger partial charge in [-0.15, -0.1) is 0 Å². The monoisotopic (exact) mass is 234 g/mol. The van der Waals surface area contributed by atoms with Crippen LogP contribution in [0.25, 0.3) is 0 Å². The van der Waals surface area contributed by atoms with Gasteiger partial charge in [0.25, 0.3) is 0 Å². The van der Waals surface area contributed by atoms with Crippen molar-refractivity contribution in [3.63, 3.8) is 0 Å². The molecule has 0 unspecified atom stereocenters. The number of carbonyl (C=O) groups excluding carboxylic acids is 1. The van der Waals surface area contributed by atoms with Crippen molar-refractivity contribution in [2.75, 3.05) is 6.54 Å². The Kier molecular flexibility index (Phi) is 3.68. The molecule has 2 rings (SSSR count). The van der Waals surface area contributed by atoms with Crippen molar-refractivity contribution in [3.8, 4) is 0 Å². The molecule has 0 aliphatic carbocycles. The normalized spacial score (nSPS) is 19.5. The van der Waals surface area contributed by atoms with E-state index in [1.54, 1.807) is 0 Å². The van der Waals surface area contributed by atoms with Crippen molar-refractivity contribution in [3.05, 3.63) is 23.3 Å². The molecule has 3 N–H and O–H groups in total. The highest BCUT2D eigenvalue weighted by Gasteiger charge is 2.19. The quantitative estimate of drug-likeness (QED) is 0.800. The molecule has 1 aromatic heterocycles. The molecule has 1 aromatic rings. The Morgan fingerprint density at radius 1 is 1.59 bits per heavy atom. The minimum absolute atomic E-state index is 0.266. The lowest BCUT2D eigenvalue weighted by molar-refractivity contribution is -0.118. The fourth-order valence-electron chi connectivity index (χ4n) is 2.10. The summed E-state index contributed by atoms with van der Waals surface area (Å²) in [7, 11) is 0. The minimum atomic E-state index is -0.290. The zero-order chi connectivity index (χ0) is 12.3. The van der Waals surface area contributed by atoms with Crippen molar-refractivity contribution in [2.24, 2.45) is 5.73 Å². The van der Waals surface area contributed by atoms with Crippen LogP contribution in [0.4, 0.5) is 0 Å². The van der Waals surface area contributed by atoms with Crippen LogP contribution < -0.4 is 11.1 Å². The smallest absolute Gasteiger partial charge is 0.217 e. The van der Waals surface area contributed by atoms with Gasteiger partial charge in [-0.05, 0) is 38.8 Å². The molecule has 5 heteroatoms. The topological polar surface area (TPSA) is 80.9 Å². The van der Waals surface area contributed by atoms with Gasteiger partial charge in [0.2, 0.25) is 5.91 Å². The van der Waals surface area contributed by atoms with Crippen molar-refractivity contribution >= 4 is 5.91 Å². The number of hydrogen-bond donors (Lipinski definition) is 2. The Morgan fingerprint density at radius 2 is 2.41 bits per heavy atom. The standard InChI is InChI=1S/C12H18N4O/c1-8-7-9(4-5-11(13)17)16-12(15-8)10-3-2-6-14-10/h7,10,14H,2-6H2,1H3,(H2,13,17)/t10-/m1/s1. The third kappa shape index (κ3) is 3.23.